The van der Waals surface area contributed by atoms with Gasteiger partial charge < -0.3 is 9.42 Å². The molecular formula is C16H21N5O3. The van der Waals surface area contributed by atoms with E-state index in [0.29, 0.717) is 49.3 Å². The molecule has 0 bridgehead atoms. The highest BCUT2D eigenvalue weighted by atomic mass is 16.5. The van der Waals surface area contributed by atoms with Crippen LogP contribution in [0, 0.1) is 0 Å². The van der Waals surface area contributed by atoms with E-state index in [9.17, 15) is 9.59 Å². The molecule has 1 saturated carbocycles. The zero-order valence-corrected chi connectivity index (χ0v) is 13.8. The Morgan fingerprint density at radius 1 is 1.29 bits per heavy atom. The maximum absolute atomic E-state index is 12.9. The predicted octanol–water partition coefficient (Wildman–Crippen LogP) is 1.61. The third-order valence-electron chi connectivity index (χ3n) is 4.85. The number of aromatic nitrogens is 2. The second-order valence-corrected chi connectivity index (χ2v) is 6.58. The van der Waals surface area contributed by atoms with E-state index < -0.39 is 0 Å². The molecular weight excluding hydrogens is 310 g/mol. The Kier molecular flexibility index (Phi) is 3.82. The molecule has 24 heavy (non-hydrogen) atoms. The minimum atomic E-state index is -0.149. The van der Waals surface area contributed by atoms with Crippen LogP contribution in [0.1, 0.15) is 69.1 Å². The van der Waals surface area contributed by atoms with Crippen LogP contribution in [0.3, 0.4) is 0 Å². The number of hydrogen-bond acceptors (Lipinski definition) is 6. The van der Waals surface area contributed by atoms with Crippen molar-refractivity contribution in [3.05, 3.63) is 11.7 Å². The van der Waals surface area contributed by atoms with E-state index in [-0.39, 0.29) is 17.9 Å². The van der Waals surface area contributed by atoms with Gasteiger partial charge in [0.05, 0.1) is 6.04 Å². The molecule has 0 N–H and O–H groups in total. The summed E-state index contributed by atoms with van der Waals surface area (Å²) in [6.45, 7) is 3.00. The SMILES string of the molecule is CCN1N=C(C(=O)N2CCC[C@H]2c2noc(C3CC3)n2)CCC1=O. The third kappa shape index (κ3) is 2.70. The first-order valence-electron chi connectivity index (χ1n) is 8.69. The first kappa shape index (κ1) is 15.3. The number of carbonyl (C=O) groups is 2. The molecule has 3 heterocycles. The molecule has 1 aliphatic carbocycles. The Labute approximate surface area is 139 Å². The first-order valence-corrected chi connectivity index (χ1v) is 8.69. The van der Waals surface area contributed by atoms with E-state index >= 15 is 0 Å². The predicted molar refractivity (Wildman–Crippen MR) is 84.0 cm³/mol. The maximum Gasteiger partial charge on any atom is 0.270 e. The topological polar surface area (TPSA) is 91.9 Å². The molecule has 0 unspecified atom stereocenters. The average molecular weight is 331 g/mol. The van der Waals surface area contributed by atoms with E-state index in [4.69, 9.17) is 4.52 Å². The van der Waals surface area contributed by atoms with E-state index in [2.05, 4.69) is 15.2 Å². The van der Waals surface area contributed by atoms with Crippen LogP contribution in [0.4, 0.5) is 0 Å². The smallest absolute Gasteiger partial charge is 0.270 e. The molecule has 3 aliphatic rings. The molecule has 2 fully saturated rings. The molecule has 1 saturated heterocycles. The molecule has 8 nitrogen and oxygen atoms in total. The van der Waals surface area contributed by atoms with E-state index in [0.717, 1.165) is 25.7 Å². The van der Waals surface area contributed by atoms with Gasteiger partial charge in [-0.25, -0.2) is 5.01 Å². The molecule has 4 rings (SSSR count). The van der Waals surface area contributed by atoms with Gasteiger partial charge >= 0.3 is 0 Å². The van der Waals surface area contributed by atoms with Crippen LogP contribution in [0.2, 0.25) is 0 Å². The molecule has 128 valence electrons. The Morgan fingerprint density at radius 3 is 2.88 bits per heavy atom. The highest BCUT2D eigenvalue weighted by Crippen LogP contribution is 2.40. The summed E-state index contributed by atoms with van der Waals surface area (Å²) in [6.07, 6.45) is 4.69. The van der Waals surface area contributed by atoms with Gasteiger partial charge in [-0.2, -0.15) is 10.1 Å². The number of rotatable bonds is 4. The van der Waals surface area contributed by atoms with Crippen LogP contribution in [-0.4, -0.2) is 50.7 Å². The molecule has 1 aromatic rings. The van der Waals surface area contributed by atoms with E-state index in [1.807, 2.05) is 6.92 Å². The summed E-state index contributed by atoms with van der Waals surface area (Å²) in [5.41, 5.74) is 0.453. The second kappa shape index (κ2) is 5.99. The van der Waals surface area contributed by atoms with Gasteiger partial charge in [0, 0.05) is 31.8 Å². The van der Waals surface area contributed by atoms with Crippen molar-refractivity contribution in [2.75, 3.05) is 13.1 Å². The maximum atomic E-state index is 12.9. The largest absolute Gasteiger partial charge is 0.339 e. The number of hydrogen-bond donors (Lipinski definition) is 0. The summed E-state index contributed by atoms with van der Waals surface area (Å²) >= 11 is 0. The van der Waals surface area contributed by atoms with Crippen LogP contribution in [0.15, 0.2) is 9.62 Å². The highest BCUT2D eigenvalue weighted by Gasteiger charge is 2.38. The van der Waals surface area contributed by atoms with Gasteiger partial charge in [-0.1, -0.05) is 5.16 Å². The van der Waals surface area contributed by atoms with Crippen molar-refractivity contribution in [3.63, 3.8) is 0 Å². The number of carbonyl (C=O) groups excluding carboxylic acids is 2. The molecule has 0 radical (unpaired) electrons. The summed E-state index contributed by atoms with van der Waals surface area (Å²) < 4.78 is 5.34. The molecule has 2 aliphatic heterocycles. The zero-order chi connectivity index (χ0) is 16.7. The standard InChI is InChI=1S/C16H21N5O3/c1-2-21-13(22)8-7-11(18-21)16(23)20-9-3-4-12(20)14-17-15(24-19-14)10-5-6-10/h10,12H,2-9H2,1H3/t12-/m0/s1. The van der Waals surface area contributed by atoms with Crippen molar-refractivity contribution in [2.45, 2.75) is 57.4 Å². The lowest BCUT2D eigenvalue weighted by molar-refractivity contribution is -0.132. The molecule has 8 heteroatoms. The van der Waals surface area contributed by atoms with Gasteiger partial charge in [0.25, 0.3) is 5.91 Å². The fraction of sp³-hybridized carbons (Fsp3) is 0.688. The number of likely N-dealkylation sites (tertiary alicyclic amines) is 1. The lowest BCUT2D eigenvalue weighted by Gasteiger charge is -2.26. The Balaban J connectivity index is 1.53. The second-order valence-electron chi connectivity index (χ2n) is 6.58. The van der Waals surface area contributed by atoms with Crippen molar-refractivity contribution in [3.8, 4) is 0 Å². The average Bonchev–Trinajstić information content (AvgIpc) is 3.13. The van der Waals surface area contributed by atoms with Gasteiger partial charge in [-0.15, -0.1) is 0 Å². The lowest BCUT2D eigenvalue weighted by Crippen LogP contribution is -2.41. The van der Waals surface area contributed by atoms with Crippen LogP contribution in [0.25, 0.3) is 0 Å². The molecule has 2 amide bonds. The van der Waals surface area contributed by atoms with E-state index in [1.165, 1.54) is 5.01 Å². The Morgan fingerprint density at radius 2 is 2.12 bits per heavy atom. The van der Waals surface area contributed by atoms with Crippen LogP contribution < -0.4 is 0 Å². The zero-order valence-electron chi connectivity index (χ0n) is 13.8. The van der Waals surface area contributed by atoms with Crippen LogP contribution >= 0.6 is 0 Å². The third-order valence-corrected chi connectivity index (χ3v) is 4.85. The molecule has 1 aromatic heterocycles. The summed E-state index contributed by atoms with van der Waals surface area (Å²) in [7, 11) is 0. The van der Waals surface area contributed by atoms with Gasteiger partial charge in [0.2, 0.25) is 11.8 Å². The minimum Gasteiger partial charge on any atom is -0.339 e. The van der Waals surface area contributed by atoms with Gasteiger partial charge in [-0.05, 0) is 32.6 Å². The molecule has 0 spiro atoms. The van der Waals surface area contributed by atoms with Gasteiger partial charge in [0.15, 0.2) is 5.82 Å². The van der Waals surface area contributed by atoms with Crippen molar-refractivity contribution in [1.82, 2.24) is 20.0 Å². The molecule has 1 atom stereocenters. The number of hydrazone groups is 1. The van der Waals surface area contributed by atoms with Crippen LogP contribution in [0.5, 0.6) is 0 Å². The van der Waals surface area contributed by atoms with Crippen molar-refractivity contribution < 1.29 is 14.1 Å². The van der Waals surface area contributed by atoms with Gasteiger partial charge in [-0.3, -0.25) is 9.59 Å². The first-order chi connectivity index (χ1) is 11.7. The minimum absolute atomic E-state index is 0.0285. The number of amides is 2. The van der Waals surface area contributed by atoms with Crippen molar-refractivity contribution in [1.29, 1.82) is 0 Å². The number of nitrogens with zero attached hydrogens (tertiary/aromatic N) is 5. The lowest BCUT2D eigenvalue weighted by atomic mass is 10.1. The van der Waals surface area contributed by atoms with E-state index in [1.54, 1.807) is 4.90 Å². The quantitative estimate of drug-likeness (QED) is 0.836. The normalized spacial score (nSPS) is 24.5. The monoisotopic (exact) mass is 331 g/mol. The Hall–Kier alpha value is -2.25. The summed E-state index contributed by atoms with van der Waals surface area (Å²) in [4.78, 5) is 30.9. The van der Waals surface area contributed by atoms with Gasteiger partial charge in [0.1, 0.15) is 5.71 Å². The highest BCUT2D eigenvalue weighted by molar-refractivity contribution is 6.39. The fourth-order valence-corrected chi connectivity index (χ4v) is 3.33. The van der Waals surface area contributed by atoms with Crippen molar-refractivity contribution >= 4 is 17.5 Å². The summed E-state index contributed by atoms with van der Waals surface area (Å²) in [5.74, 6) is 1.56. The molecule has 0 aromatic carbocycles. The summed E-state index contributed by atoms with van der Waals surface area (Å²) in [5, 5.41) is 9.71. The fourth-order valence-electron chi connectivity index (χ4n) is 3.33. The Bertz CT molecular complexity index is 694. The van der Waals surface area contributed by atoms with Crippen molar-refractivity contribution in [2.24, 2.45) is 5.10 Å². The summed E-state index contributed by atoms with van der Waals surface area (Å²) in [6, 6.07) is -0.149. The van der Waals surface area contributed by atoms with Crippen LogP contribution in [-0.2, 0) is 9.59 Å².